The predicted molar refractivity (Wildman–Crippen MR) is 133 cm³/mol. The van der Waals surface area contributed by atoms with E-state index in [9.17, 15) is 39.6 Å². The highest BCUT2D eigenvalue weighted by molar-refractivity contribution is 6.18. The number of hydrogen-bond donors (Lipinski definition) is 5. The first-order chi connectivity index (χ1) is 17.1. The van der Waals surface area contributed by atoms with Crippen LogP contribution in [0.25, 0.3) is 46.4 Å². The van der Waals surface area contributed by atoms with Gasteiger partial charge in [0.05, 0.1) is 33.8 Å². The molecule has 3 aromatic heterocycles. The van der Waals surface area contributed by atoms with Gasteiger partial charge in [-0.25, -0.2) is 33.7 Å². The SMILES string of the molecule is O=C(O)c1c(C(=O)O)c2c(C(=O)O)c3nc(cc4ccc(cc5nc(cc1n2C(=O)O)C=C5)[nH]4)C=C3.[Al]. The zero-order valence-corrected chi connectivity index (χ0v) is 19.7. The smallest absolute Gasteiger partial charge is 0.416 e. The zero-order chi connectivity index (χ0) is 25.7. The Balaban J connectivity index is 0.00000320. The molecule has 3 aromatic rings. The highest BCUT2D eigenvalue weighted by atomic mass is 27.0. The fourth-order valence-corrected chi connectivity index (χ4v) is 4.13. The molecule has 0 unspecified atom stereocenters. The molecule has 0 fully saturated rings. The summed E-state index contributed by atoms with van der Waals surface area (Å²) in [5.74, 6) is -5.28. The number of hydrogen-bond acceptors (Lipinski definition) is 6. The number of carboxylic acids is 3. The molecular formula is C24H14AlN4O8. The number of nitrogens with zero attached hydrogens (tertiary/aromatic N) is 3. The Hall–Kier alpha value is -4.99. The summed E-state index contributed by atoms with van der Waals surface area (Å²) < 4.78 is 0.328. The van der Waals surface area contributed by atoms with Crippen molar-refractivity contribution in [3.05, 3.63) is 69.8 Å². The van der Waals surface area contributed by atoms with Crippen molar-refractivity contribution in [3.8, 4) is 0 Å². The van der Waals surface area contributed by atoms with Crippen molar-refractivity contribution in [2.45, 2.75) is 0 Å². The molecule has 5 N–H and O–H groups in total. The molecule has 0 saturated carbocycles. The fourth-order valence-electron chi connectivity index (χ4n) is 4.13. The van der Waals surface area contributed by atoms with Crippen LogP contribution < -0.4 is 0 Å². The van der Waals surface area contributed by atoms with E-state index in [-0.39, 0.29) is 28.7 Å². The standard InChI is InChI=1S/C24H14N4O8.Al/c29-21(30)17-15-6-5-13(27-15)8-12-2-1-10(25-12)7-11-3-4-14(26-11)9-16-18(22(31)32)19(23(33)34)20(17)28(16)24(35)36;/h1-9,25H,(H,29,30)(H,31,32)(H,33,34)(H,35,36);. The van der Waals surface area contributed by atoms with Crippen LogP contribution in [0.5, 0.6) is 0 Å². The lowest BCUT2D eigenvalue weighted by atomic mass is 10.1. The van der Waals surface area contributed by atoms with Crippen LogP contribution in [0.15, 0.2) is 30.3 Å². The normalized spacial score (nSPS) is 11.7. The van der Waals surface area contributed by atoms with E-state index in [1.165, 1.54) is 18.2 Å². The molecule has 3 radical (unpaired) electrons. The van der Waals surface area contributed by atoms with Crippen molar-refractivity contribution in [1.29, 1.82) is 0 Å². The fraction of sp³-hybridized carbons (Fsp3) is 0. The van der Waals surface area contributed by atoms with Crippen LogP contribution in [0.1, 0.15) is 53.8 Å². The van der Waals surface area contributed by atoms with E-state index >= 15 is 0 Å². The number of carboxylic acid groups (broad SMARTS) is 4. The van der Waals surface area contributed by atoms with Crippen molar-refractivity contribution in [2.24, 2.45) is 0 Å². The second-order valence-electron chi connectivity index (χ2n) is 7.74. The third kappa shape index (κ3) is 4.29. The minimum atomic E-state index is -1.82. The lowest BCUT2D eigenvalue weighted by Crippen LogP contribution is -2.13. The first-order valence-electron chi connectivity index (χ1n) is 10.2. The number of rotatable bonds is 3. The molecule has 0 aliphatic carbocycles. The van der Waals surface area contributed by atoms with Crippen LogP contribution in [0.4, 0.5) is 4.79 Å². The van der Waals surface area contributed by atoms with Crippen LogP contribution in [0.3, 0.4) is 0 Å². The largest absolute Gasteiger partial charge is 0.478 e. The highest BCUT2D eigenvalue weighted by Gasteiger charge is 2.33. The molecule has 12 nitrogen and oxygen atoms in total. The molecule has 5 heterocycles. The highest BCUT2D eigenvalue weighted by Crippen LogP contribution is 2.31. The Kier molecular flexibility index (Phi) is 6.27. The Morgan fingerprint density at radius 1 is 0.676 bits per heavy atom. The topological polar surface area (TPSA) is 196 Å². The van der Waals surface area contributed by atoms with Crippen molar-refractivity contribution >= 4 is 87.7 Å². The molecule has 0 spiro atoms. The van der Waals surface area contributed by atoms with E-state index in [1.807, 2.05) is 0 Å². The van der Waals surface area contributed by atoms with Gasteiger partial charge in [0.1, 0.15) is 16.7 Å². The minimum Gasteiger partial charge on any atom is -0.478 e. The monoisotopic (exact) mass is 513 g/mol. The van der Waals surface area contributed by atoms with E-state index < -0.39 is 51.7 Å². The maximum absolute atomic E-state index is 12.4. The van der Waals surface area contributed by atoms with Crippen LogP contribution >= 0.6 is 0 Å². The zero-order valence-electron chi connectivity index (χ0n) is 18.5. The Bertz CT molecular complexity index is 1760. The van der Waals surface area contributed by atoms with Gasteiger partial charge in [-0.3, -0.25) is 0 Å². The van der Waals surface area contributed by atoms with Crippen molar-refractivity contribution in [1.82, 2.24) is 19.5 Å². The van der Waals surface area contributed by atoms with Crippen molar-refractivity contribution < 1.29 is 39.6 Å². The molecule has 181 valence electrons. The quantitative estimate of drug-likeness (QED) is 0.223. The van der Waals surface area contributed by atoms with Gasteiger partial charge in [-0.1, -0.05) is 0 Å². The Labute approximate surface area is 216 Å². The summed E-state index contributed by atoms with van der Waals surface area (Å²) in [6, 6.07) is 7.92. The predicted octanol–water partition coefficient (Wildman–Crippen LogP) is 3.37. The summed E-state index contributed by atoms with van der Waals surface area (Å²) in [7, 11) is 0. The first kappa shape index (κ1) is 25.1. The van der Waals surface area contributed by atoms with Crippen LogP contribution in [-0.4, -0.2) is 81.3 Å². The minimum absolute atomic E-state index is 0. The molecule has 13 heteroatoms. The van der Waals surface area contributed by atoms with E-state index in [2.05, 4.69) is 15.0 Å². The number of carbonyl (C=O) groups is 4. The van der Waals surface area contributed by atoms with Gasteiger partial charge < -0.3 is 25.4 Å². The Morgan fingerprint density at radius 3 is 1.73 bits per heavy atom. The van der Waals surface area contributed by atoms with E-state index in [0.717, 1.165) is 6.07 Å². The van der Waals surface area contributed by atoms with Crippen LogP contribution in [0.2, 0.25) is 0 Å². The molecular weight excluding hydrogens is 499 g/mol. The van der Waals surface area contributed by atoms with Crippen LogP contribution in [-0.2, 0) is 0 Å². The summed E-state index contributed by atoms with van der Waals surface area (Å²) in [6.45, 7) is 0. The maximum Gasteiger partial charge on any atom is 0.416 e. The van der Waals surface area contributed by atoms with E-state index in [4.69, 9.17) is 0 Å². The van der Waals surface area contributed by atoms with E-state index in [1.54, 1.807) is 30.3 Å². The summed E-state index contributed by atoms with van der Waals surface area (Å²) in [6.07, 6.45) is 4.03. The second-order valence-corrected chi connectivity index (χ2v) is 7.74. The first-order valence-corrected chi connectivity index (χ1v) is 10.2. The lowest BCUT2D eigenvalue weighted by molar-refractivity contribution is 0.0654. The van der Waals surface area contributed by atoms with Gasteiger partial charge in [-0.05, 0) is 54.6 Å². The summed E-state index contributed by atoms with van der Waals surface area (Å²) in [5.41, 5.74) is -2.17. The third-order valence-corrected chi connectivity index (χ3v) is 5.50. The van der Waals surface area contributed by atoms with Crippen molar-refractivity contribution in [2.75, 3.05) is 0 Å². The van der Waals surface area contributed by atoms with Crippen LogP contribution in [0, 0.1) is 0 Å². The molecule has 0 saturated heterocycles. The number of aromatic nitrogens is 4. The lowest BCUT2D eigenvalue weighted by Gasteiger charge is -2.04. The molecule has 2 aliphatic rings. The molecule has 0 amide bonds. The van der Waals surface area contributed by atoms with Gasteiger partial charge in [-0.2, -0.15) is 0 Å². The Morgan fingerprint density at radius 2 is 1.19 bits per heavy atom. The van der Waals surface area contributed by atoms with Gasteiger partial charge in [-0.15, -0.1) is 0 Å². The second kappa shape index (κ2) is 9.23. The summed E-state index contributed by atoms with van der Waals surface area (Å²) >= 11 is 0. The number of aromatic amines is 1. The summed E-state index contributed by atoms with van der Waals surface area (Å²) in [5, 5.41) is 39.8. The maximum atomic E-state index is 12.4. The van der Waals surface area contributed by atoms with Gasteiger partial charge in [0.2, 0.25) is 0 Å². The average Bonchev–Trinajstić information content (AvgIpc) is 3.56. The average molecular weight is 513 g/mol. The molecule has 2 aliphatic heterocycles. The number of fused-ring (bicyclic) bond motifs is 8. The number of H-pyrrole nitrogens is 1. The van der Waals surface area contributed by atoms with E-state index in [0.29, 0.717) is 27.0 Å². The molecule has 5 rings (SSSR count). The van der Waals surface area contributed by atoms with Crippen molar-refractivity contribution in [3.63, 3.8) is 0 Å². The molecule has 0 atom stereocenters. The number of nitrogens with one attached hydrogen (secondary N) is 1. The molecule has 8 bridgehead atoms. The number of aromatic carboxylic acids is 3. The molecule has 0 aromatic carbocycles. The molecule has 37 heavy (non-hydrogen) atoms. The van der Waals surface area contributed by atoms with Gasteiger partial charge in [0.25, 0.3) is 0 Å². The summed E-state index contributed by atoms with van der Waals surface area (Å²) in [4.78, 5) is 60.8. The third-order valence-electron chi connectivity index (χ3n) is 5.50. The van der Waals surface area contributed by atoms with Gasteiger partial charge in [0.15, 0.2) is 0 Å². The van der Waals surface area contributed by atoms with Gasteiger partial charge >= 0.3 is 24.0 Å². The van der Waals surface area contributed by atoms with Gasteiger partial charge in [0, 0.05) is 28.4 Å².